The van der Waals surface area contributed by atoms with Crippen molar-refractivity contribution in [3.8, 4) is 5.88 Å². The Morgan fingerprint density at radius 3 is 2.52 bits per heavy atom. The van der Waals surface area contributed by atoms with Crippen LogP contribution in [0.5, 0.6) is 5.88 Å². The van der Waals surface area contributed by atoms with E-state index in [2.05, 4.69) is 26.8 Å². The number of likely N-dealkylation sites (N-methyl/N-ethyl adjacent to an activating group) is 1. The Bertz CT molecular complexity index is 930. The predicted octanol–water partition coefficient (Wildman–Crippen LogP) is 2.94. The summed E-state index contributed by atoms with van der Waals surface area (Å²) in [5.41, 5.74) is 7.47. The van der Waals surface area contributed by atoms with Crippen molar-refractivity contribution in [1.29, 1.82) is 0 Å². The minimum absolute atomic E-state index is 0.447. The first-order valence-electron chi connectivity index (χ1n) is 9.54. The molecule has 0 atom stereocenters. The minimum Gasteiger partial charge on any atom is -0.472 e. The van der Waals surface area contributed by atoms with Gasteiger partial charge in [-0.05, 0) is 24.7 Å². The highest BCUT2D eigenvalue weighted by atomic mass is 32.2. The normalized spacial score (nSPS) is 14.7. The van der Waals surface area contributed by atoms with Crippen molar-refractivity contribution in [1.82, 2.24) is 19.9 Å². The first-order chi connectivity index (χ1) is 14.2. The molecule has 1 fully saturated rings. The predicted molar refractivity (Wildman–Crippen MR) is 115 cm³/mol. The van der Waals surface area contributed by atoms with E-state index >= 15 is 0 Å². The second-order valence-corrected chi connectivity index (χ2v) is 8.00. The van der Waals surface area contributed by atoms with Crippen molar-refractivity contribution in [2.45, 2.75) is 16.5 Å². The van der Waals surface area contributed by atoms with Crippen LogP contribution in [0.3, 0.4) is 0 Å². The van der Waals surface area contributed by atoms with E-state index in [0.717, 1.165) is 41.7 Å². The van der Waals surface area contributed by atoms with Gasteiger partial charge in [-0.2, -0.15) is 4.98 Å². The summed E-state index contributed by atoms with van der Waals surface area (Å²) in [5, 5.41) is 0.819. The molecule has 4 rings (SSSR count). The van der Waals surface area contributed by atoms with E-state index in [1.807, 2.05) is 48.7 Å². The topological polar surface area (TPSA) is 80.4 Å². The third kappa shape index (κ3) is 5.16. The molecule has 7 nitrogen and oxygen atoms in total. The van der Waals surface area contributed by atoms with Crippen molar-refractivity contribution in [3.63, 3.8) is 0 Å². The van der Waals surface area contributed by atoms with Gasteiger partial charge in [0.2, 0.25) is 11.8 Å². The molecule has 0 spiro atoms. The highest BCUT2D eigenvalue weighted by Gasteiger charge is 2.19. The van der Waals surface area contributed by atoms with E-state index < -0.39 is 0 Å². The first-order valence-corrected chi connectivity index (χ1v) is 10.4. The van der Waals surface area contributed by atoms with Crippen LogP contribution in [-0.2, 0) is 6.61 Å². The molecule has 150 valence electrons. The number of rotatable bonds is 6. The second kappa shape index (κ2) is 9.11. The molecule has 8 heteroatoms. The fourth-order valence-electron chi connectivity index (χ4n) is 2.97. The lowest BCUT2D eigenvalue weighted by Crippen LogP contribution is -2.45. The molecule has 0 saturated carbocycles. The van der Waals surface area contributed by atoms with Crippen molar-refractivity contribution in [2.24, 2.45) is 0 Å². The lowest BCUT2D eigenvalue weighted by molar-refractivity contribution is 0.283. The average Bonchev–Trinajstić information content (AvgIpc) is 2.76. The standard InChI is InChI=1S/C21H24N6OS/c1-26-9-11-27(12-10-26)21-24-14-18(29-19-8-7-17(22)13-23-19)20(25-21)28-15-16-5-3-2-4-6-16/h2-8,13-14H,9-12,15,22H2,1H3. The van der Waals surface area contributed by atoms with Gasteiger partial charge in [0.25, 0.3) is 0 Å². The fraction of sp³-hybridized carbons (Fsp3) is 0.286. The van der Waals surface area contributed by atoms with Gasteiger partial charge in [-0.25, -0.2) is 9.97 Å². The molecular formula is C21H24N6OS. The molecule has 2 N–H and O–H groups in total. The number of benzene rings is 1. The minimum atomic E-state index is 0.447. The van der Waals surface area contributed by atoms with E-state index in [1.54, 1.807) is 6.20 Å². The van der Waals surface area contributed by atoms with Crippen LogP contribution < -0.4 is 15.4 Å². The number of pyridine rings is 1. The highest BCUT2D eigenvalue weighted by molar-refractivity contribution is 7.99. The number of nitrogen functional groups attached to an aromatic ring is 1. The zero-order valence-corrected chi connectivity index (χ0v) is 17.2. The molecule has 2 aromatic heterocycles. The largest absolute Gasteiger partial charge is 0.472 e. The summed E-state index contributed by atoms with van der Waals surface area (Å²) >= 11 is 1.47. The maximum absolute atomic E-state index is 6.11. The van der Waals surface area contributed by atoms with Gasteiger partial charge in [-0.3, -0.25) is 0 Å². The van der Waals surface area contributed by atoms with Gasteiger partial charge in [0.05, 0.1) is 23.0 Å². The number of piperazine rings is 1. The SMILES string of the molecule is CN1CCN(c2ncc(Sc3ccc(N)cn3)c(OCc3ccccc3)n2)CC1. The van der Waals surface area contributed by atoms with E-state index in [1.165, 1.54) is 11.8 Å². The van der Waals surface area contributed by atoms with E-state index in [9.17, 15) is 0 Å². The first kappa shape index (κ1) is 19.5. The molecule has 0 unspecified atom stereocenters. The maximum Gasteiger partial charge on any atom is 0.233 e. The number of aromatic nitrogens is 3. The Kier molecular flexibility index (Phi) is 6.12. The third-order valence-corrected chi connectivity index (χ3v) is 5.64. The zero-order valence-electron chi connectivity index (χ0n) is 16.4. The molecule has 1 saturated heterocycles. The summed E-state index contributed by atoms with van der Waals surface area (Å²) in [6.07, 6.45) is 3.47. The summed E-state index contributed by atoms with van der Waals surface area (Å²) in [6.45, 7) is 4.24. The average molecular weight is 409 g/mol. The Morgan fingerprint density at radius 2 is 1.79 bits per heavy atom. The molecule has 1 aromatic carbocycles. The lowest BCUT2D eigenvalue weighted by Gasteiger charge is -2.32. The van der Waals surface area contributed by atoms with Crippen LogP contribution in [0.25, 0.3) is 0 Å². The molecule has 0 radical (unpaired) electrons. The number of nitrogens with two attached hydrogens (primary N) is 1. The van der Waals surface area contributed by atoms with Crippen LogP contribution >= 0.6 is 11.8 Å². The van der Waals surface area contributed by atoms with Crippen LogP contribution in [0.1, 0.15) is 5.56 Å². The highest BCUT2D eigenvalue weighted by Crippen LogP contribution is 2.34. The summed E-state index contributed by atoms with van der Waals surface area (Å²) in [5.74, 6) is 1.28. The Morgan fingerprint density at radius 1 is 1.00 bits per heavy atom. The van der Waals surface area contributed by atoms with Gasteiger partial charge in [0, 0.05) is 26.2 Å². The van der Waals surface area contributed by atoms with Crippen LogP contribution in [0.4, 0.5) is 11.6 Å². The van der Waals surface area contributed by atoms with Gasteiger partial charge in [-0.1, -0.05) is 42.1 Å². The summed E-state index contributed by atoms with van der Waals surface area (Å²) in [7, 11) is 2.13. The Hall–Kier alpha value is -2.84. The van der Waals surface area contributed by atoms with Crippen LogP contribution in [0, 0.1) is 0 Å². The van der Waals surface area contributed by atoms with Crippen molar-refractivity contribution in [2.75, 3.05) is 43.9 Å². The fourth-order valence-corrected chi connectivity index (χ4v) is 3.73. The number of anilines is 2. The molecule has 29 heavy (non-hydrogen) atoms. The van der Waals surface area contributed by atoms with Crippen molar-refractivity contribution >= 4 is 23.4 Å². The lowest BCUT2D eigenvalue weighted by atomic mass is 10.2. The number of hydrogen-bond donors (Lipinski definition) is 1. The second-order valence-electron chi connectivity index (χ2n) is 6.94. The van der Waals surface area contributed by atoms with Crippen LogP contribution in [-0.4, -0.2) is 53.1 Å². The molecule has 1 aliphatic rings. The van der Waals surface area contributed by atoms with Gasteiger partial charge < -0.3 is 20.3 Å². The number of nitrogens with zero attached hydrogens (tertiary/aromatic N) is 5. The zero-order chi connectivity index (χ0) is 20.1. The Balaban J connectivity index is 1.57. The molecule has 0 amide bonds. The van der Waals surface area contributed by atoms with Gasteiger partial charge in [0.15, 0.2) is 0 Å². The summed E-state index contributed by atoms with van der Waals surface area (Å²) in [6, 6.07) is 13.8. The maximum atomic E-state index is 6.11. The Labute approximate surface area is 174 Å². The van der Waals surface area contributed by atoms with E-state index in [4.69, 9.17) is 15.5 Å². The van der Waals surface area contributed by atoms with Gasteiger partial charge >= 0.3 is 0 Å². The molecule has 1 aliphatic heterocycles. The quantitative estimate of drug-likeness (QED) is 0.667. The summed E-state index contributed by atoms with van der Waals surface area (Å²) in [4.78, 5) is 19.1. The van der Waals surface area contributed by atoms with Gasteiger partial charge in [0.1, 0.15) is 11.6 Å². The number of hydrogen-bond acceptors (Lipinski definition) is 8. The van der Waals surface area contributed by atoms with Crippen molar-refractivity contribution < 1.29 is 4.74 Å². The smallest absolute Gasteiger partial charge is 0.233 e. The third-order valence-electron chi connectivity index (χ3n) is 4.69. The van der Waals surface area contributed by atoms with Crippen LogP contribution in [0.2, 0.25) is 0 Å². The molecule has 3 aromatic rings. The molecule has 0 bridgehead atoms. The molecule has 0 aliphatic carbocycles. The van der Waals surface area contributed by atoms with Crippen LogP contribution in [0.15, 0.2) is 64.8 Å². The molecular weight excluding hydrogens is 384 g/mol. The van der Waals surface area contributed by atoms with E-state index in [0.29, 0.717) is 24.1 Å². The van der Waals surface area contributed by atoms with Crippen molar-refractivity contribution in [3.05, 3.63) is 60.4 Å². The monoisotopic (exact) mass is 408 g/mol. The molecule has 3 heterocycles. The number of ether oxygens (including phenoxy) is 1. The van der Waals surface area contributed by atoms with Gasteiger partial charge in [-0.15, -0.1) is 0 Å². The summed E-state index contributed by atoms with van der Waals surface area (Å²) < 4.78 is 6.11. The van der Waals surface area contributed by atoms with E-state index in [-0.39, 0.29) is 0 Å².